The fourth-order valence-corrected chi connectivity index (χ4v) is 1.56. The van der Waals surface area contributed by atoms with Gasteiger partial charge in [-0.15, -0.1) is 12.6 Å². The zero-order valence-electron chi connectivity index (χ0n) is 9.15. The minimum atomic E-state index is -0.811. The molecular weight excluding hydrogens is 256 g/mol. The van der Waals surface area contributed by atoms with Gasteiger partial charge in [0.05, 0.1) is 0 Å². The van der Waals surface area contributed by atoms with Gasteiger partial charge in [0.25, 0.3) is 5.91 Å². The molecule has 0 radical (unpaired) electrons. The molecule has 2 aromatic rings. The number of thiol groups is 1. The summed E-state index contributed by atoms with van der Waals surface area (Å²) in [5.41, 5.74) is -0.145. The summed E-state index contributed by atoms with van der Waals surface area (Å²) in [6, 6.07) is 9.68. The molecule has 0 aliphatic rings. The maximum atomic E-state index is 13.3. The van der Waals surface area contributed by atoms with E-state index < -0.39 is 23.2 Å². The molecule has 2 nitrogen and oxygen atoms in total. The van der Waals surface area contributed by atoms with Crippen molar-refractivity contribution in [3.05, 3.63) is 59.7 Å². The largest absolute Gasteiger partial charge is 0.317 e. The number of para-hydroxylation sites is 1. The summed E-state index contributed by atoms with van der Waals surface area (Å²) in [6.07, 6.45) is 0. The number of hydrogen-bond acceptors (Lipinski definition) is 2. The maximum Gasteiger partial charge on any atom is 0.255 e. The molecule has 0 heterocycles. The summed E-state index contributed by atoms with van der Waals surface area (Å²) < 4.78 is 26.6. The van der Waals surface area contributed by atoms with Crippen molar-refractivity contribution in [2.24, 2.45) is 0 Å². The fraction of sp³-hybridized carbons (Fsp3) is 0. The SMILES string of the molecule is O=C(Nc1c(F)cccc1F)c1ccc(S)cc1. The number of carbonyl (C=O) groups is 1. The van der Waals surface area contributed by atoms with Crippen molar-refractivity contribution in [3.63, 3.8) is 0 Å². The molecule has 0 fully saturated rings. The van der Waals surface area contributed by atoms with Crippen molar-refractivity contribution in [2.45, 2.75) is 4.90 Å². The summed E-state index contributed by atoms with van der Waals surface area (Å²) in [5, 5.41) is 2.20. The lowest BCUT2D eigenvalue weighted by molar-refractivity contribution is 0.102. The van der Waals surface area contributed by atoms with Gasteiger partial charge in [-0.3, -0.25) is 4.79 Å². The Labute approximate surface area is 108 Å². The molecule has 0 spiro atoms. The molecule has 0 aliphatic heterocycles. The topological polar surface area (TPSA) is 29.1 Å². The van der Waals surface area contributed by atoms with E-state index in [0.29, 0.717) is 10.5 Å². The first-order valence-corrected chi connectivity index (χ1v) is 5.57. The Kier molecular flexibility index (Phi) is 3.62. The molecule has 0 bridgehead atoms. The second-order valence-corrected chi connectivity index (χ2v) is 4.11. The van der Waals surface area contributed by atoms with Crippen molar-refractivity contribution in [1.82, 2.24) is 0 Å². The van der Waals surface area contributed by atoms with E-state index in [2.05, 4.69) is 17.9 Å². The number of anilines is 1. The molecule has 2 rings (SSSR count). The Morgan fingerprint density at radius 2 is 1.56 bits per heavy atom. The van der Waals surface area contributed by atoms with Gasteiger partial charge in [0.15, 0.2) is 0 Å². The van der Waals surface area contributed by atoms with Gasteiger partial charge < -0.3 is 5.32 Å². The molecule has 0 atom stereocenters. The second kappa shape index (κ2) is 5.18. The van der Waals surface area contributed by atoms with Crippen molar-refractivity contribution >= 4 is 24.2 Å². The number of amides is 1. The van der Waals surface area contributed by atoms with Crippen LogP contribution in [0.4, 0.5) is 14.5 Å². The predicted octanol–water partition coefficient (Wildman–Crippen LogP) is 3.51. The van der Waals surface area contributed by atoms with Crippen LogP contribution in [0.1, 0.15) is 10.4 Å². The van der Waals surface area contributed by atoms with Gasteiger partial charge in [0.2, 0.25) is 0 Å². The zero-order chi connectivity index (χ0) is 13.1. The van der Waals surface area contributed by atoms with E-state index in [1.165, 1.54) is 18.2 Å². The minimum absolute atomic E-state index is 0.301. The summed E-state index contributed by atoms with van der Waals surface area (Å²) in [5.74, 6) is -2.20. The van der Waals surface area contributed by atoms with Crippen LogP contribution >= 0.6 is 12.6 Å². The Balaban J connectivity index is 2.24. The van der Waals surface area contributed by atoms with E-state index in [4.69, 9.17) is 0 Å². The van der Waals surface area contributed by atoms with Crippen LogP contribution in [-0.2, 0) is 0 Å². The second-order valence-electron chi connectivity index (χ2n) is 3.60. The van der Waals surface area contributed by atoms with Crippen LogP contribution in [-0.4, -0.2) is 5.91 Å². The first-order valence-electron chi connectivity index (χ1n) is 5.12. The van der Waals surface area contributed by atoms with Gasteiger partial charge in [-0.05, 0) is 36.4 Å². The van der Waals surface area contributed by atoms with E-state index in [1.807, 2.05) is 0 Å². The zero-order valence-corrected chi connectivity index (χ0v) is 10.0. The quantitative estimate of drug-likeness (QED) is 0.799. The molecule has 0 saturated heterocycles. The Morgan fingerprint density at radius 1 is 1.00 bits per heavy atom. The third kappa shape index (κ3) is 2.68. The number of benzene rings is 2. The van der Waals surface area contributed by atoms with Crippen LogP contribution in [0.25, 0.3) is 0 Å². The third-order valence-corrected chi connectivity index (χ3v) is 2.63. The Morgan fingerprint density at radius 3 is 2.11 bits per heavy atom. The smallest absolute Gasteiger partial charge is 0.255 e. The van der Waals surface area contributed by atoms with E-state index in [9.17, 15) is 13.6 Å². The lowest BCUT2D eigenvalue weighted by Gasteiger charge is -2.07. The molecule has 2 aromatic carbocycles. The summed E-state index contributed by atoms with van der Waals surface area (Å²) in [6.45, 7) is 0. The highest BCUT2D eigenvalue weighted by atomic mass is 32.1. The highest BCUT2D eigenvalue weighted by Crippen LogP contribution is 2.19. The fourth-order valence-electron chi connectivity index (χ4n) is 1.42. The number of hydrogen-bond donors (Lipinski definition) is 2. The van der Waals surface area contributed by atoms with Crippen LogP contribution in [0.15, 0.2) is 47.4 Å². The molecule has 0 aromatic heterocycles. The molecule has 0 unspecified atom stereocenters. The highest BCUT2D eigenvalue weighted by molar-refractivity contribution is 7.80. The van der Waals surface area contributed by atoms with Crippen molar-refractivity contribution in [3.8, 4) is 0 Å². The van der Waals surface area contributed by atoms with Gasteiger partial charge in [0, 0.05) is 10.5 Å². The van der Waals surface area contributed by atoms with Gasteiger partial charge >= 0.3 is 0 Å². The van der Waals surface area contributed by atoms with E-state index in [-0.39, 0.29) is 0 Å². The number of carbonyl (C=O) groups excluding carboxylic acids is 1. The van der Waals surface area contributed by atoms with Crippen LogP contribution in [0, 0.1) is 11.6 Å². The van der Waals surface area contributed by atoms with Gasteiger partial charge in [-0.1, -0.05) is 6.07 Å². The molecule has 0 saturated carbocycles. The highest BCUT2D eigenvalue weighted by Gasteiger charge is 2.12. The van der Waals surface area contributed by atoms with Crippen LogP contribution in [0.3, 0.4) is 0 Å². The lowest BCUT2D eigenvalue weighted by Crippen LogP contribution is -2.14. The number of nitrogens with one attached hydrogen (secondary N) is 1. The van der Waals surface area contributed by atoms with Crippen molar-refractivity contribution < 1.29 is 13.6 Å². The van der Waals surface area contributed by atoms with Crippen LogP contribution < -0.4 is 5.32 Å². The maximum absolute atomic E-state index is 13.3. The number of rotatable bonds is 2. The van der Waals surface area contributed by atoms with Crippen molar-refractivity contribution in [1.29, 1.82) is 0 Å². The van der Waals surface area contributed by atoms with Crippen molar-refractivity contribution in [2.75, 3.05) is 5.32 Å². The average molecular weight is 265 g/mol. The first kappa shape index (κ1) is 12.6. The Hall–Kier alpha value is -1.88. The first-order chi connectivity index (χ1) is 8.58. The lowest BCUT2D eigenvalue weighted by atomic mass is 10.2. The summed E-state index contributed by atoms with van der Waals surface area (Å²) in [4.78, 5) is 12.5. The average Bonchev–Trinajstić information content (AvgIpc) is 2.34. The normalized spacial score (nSPS) is 10.2. The van der Waals surface area contributed by atoms with Gasteiger partial charge in [-0.2, -0.15) is 0 Å². The summed E-state index contributed by atoms with van der Waals surface area (Å²) in [7, 11) is 0. The van der Waals surface area contributed by atoms with E-state index in [0.717, 1.165) is 12.1 Å². The summed E-state index contributed by atoms with van der Waals surface area (Å²) >= 11 is 4.08. The molecule has 5 heteroatoms. The molecule has 92 valence electrons. The molecule has 1 N–H and O–H groups in total. The van der Waals surface area contributed by atoms with Gasteiger partial charge in [-0.25, -0.2) is 8.78 Å². The van der Waals surface area contributed by atoms with Crippen LogP contribution in [0.2, 0.25) is 0 Å². The van der Waals surface area contributed by atoms with E-state index >= 15 is 0 Å². The van der Waals surface area contributed by atoms with E-state index in [1.54, 1.807) is 12.1 Å². The minimum Gasteiger partial charge on any atom is -0.317 e. The van der Waals surface area contributed by atoms with Crippen LogP contribution in [0.5, 0.6) is 0 Å². The monoisotopic (exact) mass is 265 g/mol. The molecule has 0 aliphatic carbocycles. The Bertz CT molecular complexity index is 564. The standard InChI is InChI=1S/C13H9F2NOS/c14-10-2-1-3-11(15)12(10)16-13(17)8-4-6-9(18)7-5-8/h1-7,18H,(H,16,17). The number of halogens is 2. The molecular formula is C13H9F2NOS. The molecule has 18 heavy (non-hydrogen) atoms. The predicted molar refractivity (Wildman–Crippen MR) is 68.0 cm³/mol. The molecule has 1 amide bonds. The van der Waals surface area contributed by atoms with Gasteiger partial charge in [0.1, 0.15) is 17.3 Å². The third-order valence-electron chi connectivity index (χ3n) is 2.33.